The lowest BCUT2D eigenvalue weighted by Gasteiger charge is -2.37. The van der Waals surface area contributed by atoms with Crippen molar-refractivity contribution in [3.8, 4) is 6.07 Å². The number of nitrogens with zero attached hydrogens (tertiary/aromatic N) is 1. The number of nitriles is 1. The number of carbonyl (C=O) groups excluding carboxylic acids is 1. The SMILES string of the molecule is N#CC1C(=O)CCC2CCCCC21. The topological polar surface area (TPSA) is 40.9 Å². The van der Waals surface area contributed by atoms with Gasteiger partial charge in [-0.15, -0.1) is 0 Å². The van der Waals surface area contributed by atoms with E-state index in [1.807, 2.05) is 0 Å². The Hall–Kier alpha value is -0.840. The van der Waals surface area contributed by atoms with Crippen molar-refractivity contribution in [1.29, 1.82) is 5.26 Å². The molecule has 0 aromatic rings. The fraction of sp³-hybridized carbons (Fsp3) is 0.818. The van der Waals surface area contributed by atoms with Gasteiger partial charge in [-0.2, -0.15) is 5.26 Å². The first-order chi connectivity index (χ1) is 6.33. The van der Waals surface area contributed by atoms with Crippen molar-refractivity contribution in [2.75, 3.05) is 0 Å². The first-order valence-corrected chi connectivity index (χ1v) is 5.25. The Morgan fingerprint density at radius 3 is 2.77 bits per heavy atom. The van der Waals surface area contributed by atoms with Gasteiger partial charge >= 0.3 is 0 Å². The van der Waals surface area contributed by atoms with Gasteiger partial charge in [0.05, 0.1) is 6.07 Å². The maximum absolute atomic E-state index is 11.5. The lowest BCUT2D eigenvalue weighted by molar-refractivity contribution is -0.126. The molecule has 70 valence electrons. The van der Waals surface area contributed by atoms with Crippen LogP contribution in [0.15, 0.2) is 0 Å². The number of rotatable bonds is 0. The number of fused-ring (bicyclic) bond motifs is 1. The molecule has 0 aromatic heterocycles. The zero-order valence-electron chi connectivity index (χ0n) is 7.83. The molecule has 0 aliphatic heterocycles. The molecule has 3 atom stereocenters. The second-order valence-electron chi connectivity index (χ2n) is 4.32. The molecule has 0 bridgehead atoms. The van der Waals surface area contributed by atoms with Gasteiger partial charge in [-0.3, -0.25) is 4.79 Å². The van der Waals surface area contributed by atoms with Crippen molar-refractivity contribution in [3.05, 3.63) is 0 Å². The van der Waals surface area contributed by atoms with Crippen molar-refractivity contribution in [2.45, 2.75) is 38.5 Å². The van der Waals surface area contributed by atoms with Crippen LogP contribution in [0.2, 0.25) is 0 Å². The summed E-state index contributed by atoms with van der Waals surface area (Å²) in [6, 6.07) is 2.20. The molecule has 0 saturated heterocycles. The van der Waals surface area contributed by atoms with E-state index < -0.39 is 0 Å². The molecule has 2 rings (SSSR count). The molecule has 2 aliphatic rings. The highest BCUT2D eigenvalue weighted by molar-refractivity contribution is 5.84. The summed E-state index contributed by atoms with van der Waals surface area (Å²) < 4.78 is 0. The Morgan fingerprint density at radius 2 is 2.00 bits per heavy atom. The Balaban J connectivity index is 2.14. The zero-order valence-corrected chi connectivity index (χ0v) is 7.83. The largest absolute Gasteiger partial charge is 0.298 e. The van der Waals surface area contributed by atoms with Gasteiger partial charge in [-0.25, -0.2) is 0 Å². The fourth-order valence-electron chi connectivity index (χ4n) is 2.92. The quantitative estimate of drug-likeness (QED) is 0.569. The molecular formula is C11H15NO. The summed E-state index contributed by atoms with van der Waals surface area (Å²) in [5.74, 6) is 1.01. The third-order valence-corrected chi connectivity index (χ3v) is 3.64. The molecule has 0 amide bonds. The van der Waals surface area contributed by atoms with E-state index >= 15 is 0 Å². The average molecular weight is 177 g/mol. The second kappa shape index (κ2) is 3.49. The van der Waals surface area contributed by atoms with Crippen LogP contribution < -0.4 is 0 Å². The van der Waals surface area contributed by atoms with Crippen molar-refractivity contribution in [2.24, 2.45) is 17.8 Å². The van der Waals surface area contributed by atoms with Gasteiger partial charge in [0.1, 0.15) is 11.7 Å². The van der Waals surface area contributed by atoms with E-state index in [9.17, 15) is 4.79 Å². The predicted molar refractivity (Wildman–Crippen MR) is 48.8 cm³/mol. The summed E-state index contributed by atoms with van der Waals surface area (Å²) in [6.07, 6.45) is 6.56. The van der Waals surface area contributed by atoms with E-state index in [0.29, 0.717) is 18.3 Å². The lowest BCUT2D eigenvalue weighted by Crippen LogP contribution is -2.36. The summed E-state index contributed by atoms with van der Waals surface area (Å²) in [5.41, 5.74) is 0. The van der Waals surface area contributed by atoms with E-state index in [2.05, 4.69) is 6.07 Å². The molecule has 0 spiro atoms. The maximum atomic E-state index is 11.5. The van der Waals surface area contributed by atoms with Gasteiger partial charge in [0, 0.05) is 6.42 Å². The Labute approximate surface area is 78.9 Å². The Kier molecular flexibility index (Phi) is 2.35. The van der Waals surface area contributed by atoms with Gasteiger partial charge in [-0.05, 0) is 24.7 Å². The summed E-state index contributed by atoms with van der Waals surface area (Å²) >= 11 is 0. The number of hydrogen-bond acceptors (Lipinski definition) is 2. The van der Waals surface area contributed by atoms with Crippen LogP contribution in [-0.4, -0.2) is 5.78 Å². The van der Waals surface area contributed by atoms with Crippen molar-refractivity contribution in [1.82, 2.24) is 0 Å². The van der Waals surface area contributed by atoms with Crippen LogP contribution in [0.5, 0.6) is 0 Å². The highest BCUT2D eigenvalue weighted by atomic mass is 16.1. The molecule has 13 heavy (non-hydrogen) atoms. The highest BCUT2D eigenvalue weighted by Gasteiger charge is 2.39. The molecule has 2 fully saturated rings. The summed E-state index contributed by atoms with van der Waals surface area (Å²) in [4.78, 5) is 11.5. The molecule has 0 aromatic carbocycles. The number of ketones is 1. The molecule has 0 heterocycles. The molecular weight excluding hydrogens is 162 g/mol. The minimum Gasteiger partial charge on any atom is -0.298 e. The monoisotopic (exact) mass is 177 g/mol. The third kappa shape index (κ3) is 1.48. The van der Waals surface area contributed by atoms with Crippen LogP contribution in [0.1, 0.15) is 38.5 Å². The molecule has 2 aliphatic carbocycles. The minimum absolute atomic E-state index is 0.200. The van der Waals surface area contributed by atoms with E-state index in [1.54, 1.807) is 0 Å². The second-order valence-corrected chi connectivity index (χ2v) is 4.32. The molecule has 3 unspecified atom stereocenters. The van der Waals surface area contributed by atoms with Crippen LogP contribution >= 0.6 is 0 Å². The van der Waals surface area contributed by atoms with Crippen molar-refractivity contribution in [3.63, 3.8) is 0 Å². The minimum atomic E-state index is -0.265. The van der Waals surface area contributed by atoms with Gasteiger partial charge < -0.3 is 0 Å². The van der Waals surface area contributed by atoms with E-state index in [4.69, 9.17) is 5.26 Å². The van der Waals surface area contributed by atoms with Crippen molar-refractivity contribution >= 4 is 5.78 Å². The first kappa shape index (κ1) is 8.74. The molecule has 2 heteroatoms. The van der Waals surface area contributed by atoms with Crippen LogP contribution in [0.4, 0.5) is 0 Å². The van der Waals surface area contributed by atoms with Crippen molar-refractivity contribution < 1.29 is 4.79 Å². The Morgan fingerprint density at radius 1 is 1.23 bits per heavy atom. The standard InChI is InChI=1S/C11H15NO/c12-7-10-9-4-2-1-3-8(9)5-6-11(10)13/h8-10H,1-6H2. The zero-order chi connectivity index (χ0) is 9.26. The van der Waals surface area contributed by atoms with E-state index in [1.165, 1.54) is 19.3 Å². The molecule has 2 saturated carbocycles. The average Bonchev–Trinajstić information content (AvgIpc) is 2.18. The fourth-order valence-corrected chi connectivity index (χ4v) is 2.92. The maximum Gasteiger partial charge on any atom is 0.150 e. The normalized spacial score (nSPS) is 39.3. The highest BCUT2D eigenvalue weighted by Crippen LogP contribution is 2.41. The van der Waals surface area contributed by atoms with Gasteiger partial charge in [0.15, 0.2) is 0 Å². The smallest absolute Gasteiger partial charge is 0.150 e. The number of Topliss-reactive ketones (excluding diaryl/α,β-unsaturated/α-hetero) is 1. The van der Waals surface area contributed by atoms with Gasteiger partial charge in [-0.1, -0.05) is 19.3 Å². The molecule has 0 radical (unpaired) electrons. The first-order valence-electron chi connectivity index (χ1n) is 5.25. The van der Waals surface area contributed by atoms with Crippen LogP contribution in [-0.2, 0) is 4.79 Å². The van der Waals surface area contributed by atoms with E-state index in [-0.39, 0.29) is 11.7 Å². The summed E-state index contributed by atoms with van der Waals surface area (Å²) in [6.45, 7) is 0. The lowest BCUT2D eigenvalue weighted by atomic mass is 9.65. The van der Waals surface area contributed by atoms with Crippen LogP contribution in [0.25, 0.3) is 0 Å². The number of hydrogen-bond donors (Lipinski definition) is 0. The number of carbonyl (C=O) groups is 1. The Bertz CT molecular complexity index is 253. The molecule has 0 N–H and O–H groups in total. The summed E-state index contributed by atoms with van der Waals surface area (Å²) in [7, 11) is 0. The van der Waals surface area contributed by atoms with Crippen LogP contribution in [0.3, 0.4) is 0 Å². The summed E-state index contributed by atoms with van der Waals surface area (Å²) in [5, 5.41) is 8.93. The third-order valence-electron chi connectivity index (χ3n) is 3.64. The van der Waals surface area contributed by atoms with E-state index in [0.717, 1.165) is 12.8 Å². The molecule has 2 nitrogen and oxygen atoms in total. The van der Waals surface area contributed by atoms with Gasteiger partial charge in [0.2, 0.25) is 0 Å². The predicted octanol–water partition coefficient (Wildman–Crippen LogP) is 2.30. The van der Waals surface area contributed by atoms with Crippen LogP contribution in [0, 0.1) is 29.1 Å². The van der Waals surface area contributed by atoms with Gasteiger partial charge in [0.25, 0.3) is 0 Å².